The number of hydrogen-bond acceptors (Lipinski definition) is 5. The number of ketones is 1. The van der Waals surface area contributed by atoms with E-state index in [1.54, 1.807) is 0 Å². The van der Waals surface area contributed by atoms with Gasteiger partial charge in [0.25, 0.3) is 0 Å². The Kier molecular flexibility index (Phi) is 4.75. The molecular weight excluding hydrogens is 210 g/mol. The molecule has 0 spiro atoms. The predicted octanol–water partition coefficient (Wildman–Crippen LogP) is 0.165. The number of nitrogens with one attached hydrogen (secondary N) is 1. The van der Waals surface area contributed by atoms with Crippen LogP contribution in [-0.4, -0.2) is 42.8 Å². The lowest BCUT2D eigenvalue weighted by Crippen LogP contribution is -2.25. The third-order valence-corrected chi connectivity index (χ3v) is 2.08. The van der Waals surface area contributed by atoms with Crippen molar-refractivity contribution in [2.45, 2.75) is 0 Å². The van der Waals surface area contributed by atoms with E-state index in [0.717, 1.165) is 0 Å². The lowest BCUT2D eigenvalue weighted by Gasteiger charge is -2.06. The van der Waals surface area contributed by atoms with Gasteiger partial charge in [0.15, 0.2) is 17.3 Å². The van der Waals surface area contributed by atoms with Crippen molar-refractivity contribution in [3.63, 3.8) is 0 Å². The second kappa shape index (κ2) is 6.09. The second-order valence-electron chi connectivity index (χ2n) is 3.21. The summed E-state index contributed by atoms with van der Waals surface area (Å²) in [6.45, 7) is 0.516. The zero-order valence-electron chi connectivity index (χ0n) is 9.06. The molecule has 0 saturated heterocycles. The van der Waals surface area contributed by atoms with Gasteiger partial charge in [0.2, 0.25) is 0 Å². The molecule has 3 N–H and O–H groups in total. The number of phenols is 1. The fourth-order valence-electron chi connectivity index (χ4n) is 1.23. The van der Waals surface area contributed by atoms with Gasteiger partial charge in [-0.3, -0.25) is 4.79 Å². The summed E-state index contributed by atoms with van der Waals surface area (Å²) in [5, 5.41) is 20.7. The number of hydrogen-bond donors (Lipinski definition) is 3. The average molecular weight is 225 g/mol. The maximum atomic E-state index is 11.6. The minimum Gasteiger partial charge on any atom is -0.504 e. The van der Waals surface area contributed by atoms with Crippen LogP contribution in [0.15, 0.2) is 18.2 Å². The summed E-state index contributed by atoms with van der Waals surface area (Å²) in [6.07, 6.45) is 0. The summed E-state index contributed by atoms with van der Waals surface area (Å²) in [4.78, 5) is 11.6. The van der Waals surface area contributed by atoms with Gasteiger partial charge in [0.1, 0.15) is 0 Å². The Balaban J connectivity index is 2.68. The summed E-state index contributed by atoms with van der Waals surface area (Å²) >= 11 is 0. The molecule has 0 saturated carbocycles. The smallest absolute Gasteiger partial charge is 0.176 e. The van der Waals surface area contributed by atoms with Gasteiger partial charge in [-0.15, -0.1) is 0 Å². The highest BCUT2D eigenvalue weighted by molar-refractivity contribution is 5.98. The van der Waals surface area contributed by atoms with Crippen LogP contribution in [0.4, 0.5) is 0 Å². The molecule has 1 rings (SSSR count). The molecule has 0 aromatic heterocycles. The standard InChI is InChI=1S/C11H15NO4/c1-16-11-6-8(2-3-9(11)14)10(15)7-12-4-5-13/h2-3,6,12-14H,4-5,7H2,1H3. The molecular formula is C11H15NO4. The van der Waals surface area contributed by atoms with Gasteiger partial charge in [-0.05, 0) is 18.2 Å². The van der Waals surface area contributed by atoms with E-state index in [0.29, 0.717) is 12.1 Å². The summed E-state index contributed by atoms with van der Waals surface area (Å²) in [5.74, 6) is 0.155. The quantitative estimate of drug-likeness (QED) is 0.475. The van der Waals surface area contributed by atoms with Gasteiger partial charge in [0.05, 0.1) is 20.3 Å². The van der Waals surface area contributed by atoms with Gasteiger partial charge < -0.3 is 20.3 Å². The molecule has 0 fully saturated rings. The van der Waals surface area contributed by atoms with E-state index in [4.69, 9.17) is 9.84 Å². The van der Waals surface area contributed by atoms with Crippen LogP contribution in [-0.2, 0) is 0 Å². The third kappa shape index (κ3) is 3.22. The van der Waals surface area contributed by atoms with E-state index in [9.17, 15) is 9.90 Å². The first-order valence-electron chi connectivity index (χ1n) is 4.91. The molecule has 1 aromatic carbocycles. The predicted molar refractivity (Wildman–Crippen MR) is 58.9 cm³/mol. The number of aromatic hydroxyl groups is 1. The van der Waals surface area contributed by atoms with Crippen LogP contribution in [0.1, 0.15) is 10.4 Å². The van der Waals surface area contributed by atoms with Crippen LogP contribution in [0.3, 0.4) is 0 Å². The van der Waals surface area contributed by atoms with E-state index in [-0.39, 0.29) is 30.4 Å². The topological polar surface area (TPSA) is 78.8 Å². The van der Waals surface area contributed by atoms with Crippen molar-refractivity contribution in [2.24, 2.45) is 0 Å². The van der Waals surface area contributed by atoms with Crippen LogP contribution < -0.4 is 10.1 Å². The second-order valence-corrected chi connectivity index (χ2v) is 3.21. The summed E-state index contributed by atoms with van der Waals surface area (Å²) in [7, 11) is 1.42. The minimum atomic E-state index is -0.119. The number of carbonyl (C=O) groups excluding carboxylic acids is 1. The minimum absolute atomic E-state index is 0.00219. The molecule has 1 aromatic rings. The van der Waals surface area contributed by atoms with Gasteiger partial charge >= 0.3 is 0 Å². The zero-order chi connectivity index (χ0) is 12.0. The SMILES string of the molecule is COc1cc(C(=O)CNCCO)ccc1O. The number of methoxy groups -OCH3 is 1. The van der Waals surface area contributed by atoms with E-state index in [1.807, 2.05) is 0 Å². The first-order valence-corrected chi connectivity index (χ1v) is 4.91. The Morgan fingerprint density at radius 2 is 2.25 bits per heavy atom. The average Bonchev–Trinajstić information content (AvgIpc) is 2.30. The van der Waals surface area contributed by atoms with E-state index in [1.165, 1.54) is 25.3 Å². The van der Waals surface area contributed by atoms with Crippen LogP contribution in [0.2, 0.25) is 0 Å². The maximum Gasteiger partial charge on any atom is 0.176 e. The van der Waals surface area contributed by atoms with E-state index >= 15 is 0 Å². The van der Waals surface area contributed by atoms with Crippen molar-refractivity contribution in [2.75, 3.05) is 26.8 Å². The Morgan fingerprint density at radius 1 is 1.50 bits per heavy atom. The Labute approximate surface area is 93.7 Å². The molecule has 0 atom stereocenters. The highest BCUT2D eigenvalue weighted by atomic mass is 16.5. The summed E-state index contributed by atoms with van der Waals surface area (Å²) in [5.41, 5.74) is 0.458. The highest BCUT2D eigenvalue weighted by Gasteiger charge is 2.09. The zero-order valence-corrected chi connectivity index (χ0v) is 9.06. The maximum absolute atomic E-state index is 11.6. The van der Waals surface area contributed by atoms with Crippen molar-refractivity contribution in [1.29, 1.82) is 0 Å². The molecule has 0 radical (unpaired) electrons. The van der Waals surface area contributed by atoms with Crippen LogP contribution >= 0.6 is 0 Å². The van der Waals surface area contributed by atoms with Crippen molar-refractivity contribution in [1.82, 2.24) is 5.32 Å². The monoisotopic (exact) mass is 225 g/mol. The molecule has 0 aliphatic rings. The fourth-order valence-corrected chi connectivity index (χ4v) is 1.23. The van der Waals surface area contributed by atoms with Gasteiger partial charge in [-0.25, -0.2) is 0 Å². The Hall–Kier alpha value is -1.59. The number of benzene rings is 1. The van der Waals surface area contributed by atoms with Crippen LogP contribution in [0, 0.1) is 0 Å². The van der Waals surface area contributed by atoms with Crippen LogP contribution in [0.25, 0.3) is 0 Å². The highest BCUT2D eigenvalue weighted by Crippen LogP contribution is 2.26. The molecule has 5 nitrogen and oxygen atoms in total. The lowest BCUT2D eigenvalue weighted by molar-refractivity contribution is 0.0989. The number of carbonyl (C=O) groups is 1. The molecule has 0 bridgehead atoms. The molecule has 16 heavy (non-hydrogen) atoms. The third-order valence-electron chi connectivity index (χ3n) is 2.08. The summed E-state index contributed by atoms with van der Waals surface area (Å²) < 4.78 is 4.90. The number of aliphatic hydroxyl groups is 1. The number of Topliss-reactive ketones (excluding diaryl/α,β-unsaturated/α-hetero) is 1. The molecule has 0 amide bonds. The number of rotatable bonds is 6. The van der Waals surface area contributed by atoms with Gasteiger partial charge in [-0.2, -0.15) is 0 Å². The first kappa shape index (κ1) is 12.5. The van der Waals surface area contributed by atoms with Gasteiger partial charge in [-0.1, -0.05) is 0 Å². The lowest BCUT2D eigenvalue weighted by atomic mass is 10.1. The van der Waals surface area contributed by atoms with Crippen molar-refractivity contribution in [3.8, 4) is 11.5 Å². The largest absolute Gasteiger partial charge is 0.504 e. The fraction of sp³-hybridized carbons (Fsp3) is 0.364. The molecule has 5 heteroatoms. The van der Waals surface area contributed by atoms with Crippen LogP contribution in [0.5, 0.6) is 11.5 Å². The molecule has 0 aliphatic carbocycles. The normalized spacial score (nSPS) is 10.1. The summed E-state index contributed by atoms with van der Waals surface area (Å²) in [6, 6.07) is 4.43. The van der Waals surface area contributed by atoms with E-state index < -0.39 is 0 Å². The van der Waals surface area contributed by atoms with Crippen molar-refractivity contribution < 1.29 is 19.7 Å². The Morgan fingerprint density at radius 3 is 2.88 bits per heavy atom. The molecule has 0 aliphatic heterocycles. The van der Waals surface area contributed by atoms with E-state index in [2.05, 4.69) is 5.32 Å². The molecule has 0 heterocycles. The number of ether oxygens (including phenoxy) is 1. The van der Waals surface area contributed by atoms with Crippen molar-refractivity contribution >= 4 is 5.78 Å². The van der Waals surface area contributed by atoms with Crippen molar-refractivity contribution in [3.05, 3.63) is 23.8 Å². The number of phenolic OH excluding ortho intramolecular Hbond substituents is 1. The molecule has 88 valence electrons. The Bertz CT molecular complexity index is 365. The molecule has 0 unspecified atom stereocenters. The van der Waals surface area contributed by atoms with Gasteiger partial charge in [0, 0.05) is 12.1 Å². The first-order chi connectivity index (χ1) is 7.69. The number of aliphatic hydroxyl groups excluding tert-OH is 1.